The number of aromatic nitrogens is 5. The zero-order chi connectivity index (χ0) is 21.1. The SMILES string of the molecule is Cc1nc2cnccc2n1-c1ccc(C2=CC(=O)Nc3cccc4nc(O)n2c34)cc1. The zero-order valence-corrected chi connectivity index (χ0v) is 16.4. The van der Waals surface area contributed by atoms with Crippen LogP contribution in [0.5, 0.6) is 6.01 Å². The molecule has 0 spiro atoms. The van der Waals surface area contributed by atoms with E-state index in [0.29, 0.717) is 22.4 Å². The molecule has 0 saturated carbocycles. The van der Waals surface area contributed by atoms with E-state index in [0.717, 1.165) is 28.1 Å². The lowest BCUT2D eigenvalue weighted by molar-refractivity contribution is -0.111. The van der Waals surface area contributed by atoms with E-state index in [-0.39, 0.29) is 11.9 Å². The van der Waals surface area contributed by atoms with Gasteiger partial charge in [-0.2, -0.15) is 4.98 Å². The van der Waals surface area contributed by atoms with E-state index in [1.165, 1.54) is 6.08 Å². The van der Waals surface area contributed by atoms with Gasteiger partial charge in [-0.15, -0.1) is 0 Å². The fourth-order valence-electron chi connectivity index (χ4n) is 4.17. The molecule has 0 atom stereocenters. The summed E-state index contributed by atoms with van der Waals surface area (Å²) < 4.78 is 3.65. The predicted octanol–water partition coefficient (Wildman–Crippen LogP) is 3.63. The standard InChI is InChI=1S/C23H16N6O2/c1-13-25-18-12-24-10-9-19(18)28(13)15-7-5-14(6-8-15)20-11-21(30)26-16-3-2-4-17-22(16)29(20)23(31)27-17/h2-12H,1H3,(H,26,30)(H,27,31). The van der Waals surface area contributed by atoms with Gasteiger partial charge in [-0.05, 0) is 42.8 Å². The fourth-order valence-corrected chi connectivity index (χ4v) is 4.17. The van der Waals surface area contributed by atoms with Gasteiger partial charge >= 0.3 is 0 Å². The molecular weight excluding hydrogens is 392 g/mol. The van der Waals surface area contributed by atoms with Crippen molar-refractivity contribution in [2.75, 3.05) is 5.32 Å². The van der Waals surface area contributed by atoms with Crippen LogP contribution in [0, 0.1) is 6.92 Å². The highest BCUT2D eigenvalue weighted by Crippen LogP contribution is 2.35. The number of para-hydroxylation sites is 1. The Balaban J connectivity index is 1.51. The fraction of sp³-hybridized carbons (Fsp3) is 0.0435. The molecule has 0 aliphatic carbocycles. The molecule has 8 nitrogen and oxygen atoms in total. The number of rotatable bonds is 2. The number of pyridine rings is 1. The van der Waals surface area contributed by atoms with Crippen LogP contribution in [0.4, 0.5) is 5.69 Å². The van der Waals surface area contributed by atoms with E-state index in [9.17, 15) is 9.90 Å². The molecule has 0 unspecified atom stereocenters. The second kappa shape index (κ2) is 6.27. The van der Waals surface area contributed by atoms with Crippen molar-refractivity contribution in [1.29, 1.82) is 0 Å². The van der Waals surface area contributed by atoms with Crippen LogP contribution in [0.1, 0.15) is 11.4 Å². The van der Waals surface area contributed by atoms with Gasteiger partial charge in [0.05, 0.1) is 28.6 Å². The molecule has 2 aromatic carbocycles. The van der Waals surface area contributed by atoms with Gasteiger partial charge in [-0.3, -0.25) is 18.9 Å². The van der Waals surface area contributed by atoms with E-state index in [1.54, 1.807) is 35.2 Å². The zero-order valence-electron chi connectivity index (χ0n) is 16.4. The van der Waals surface area contributed by atoms with Crippen LogP contribution in [0.3, 0.4) is 0 Å². The number of hydrogen-bond donors (Lipinski definition) is 2. The minimum Gasteiger partial charge on any atom is -0.480 e. The number of amides is 1. The third kappa shape index (κ3) is 2.55. The summed E-state index contributed by atoms with van der Waals surface area (Å²) >= 11 is 0. The van der Waals surface area contributed by atoms with Crippen molar-refractivity contribution < 1.29 is 9.90 Å². The number of aromatic hydroxyl groups is 1. The summed E-state index contributed by atoms with van der Waals surface area (Å²) in [6.07, 6.45) is 4.96. The van der Waals surface area contributed by atoms with E-state index in [4.69, 9.17) is 0 Å². The average Bonchev–Trinajstić information content (AvgIpc) is 3.22. The van der Waals surface area contributed by atoms with Gasteiger partial charge in [0.1, 0.15) is 16.9 Å². The number of imidazole rings is 2. The monoisotopic (exact) mass is 408 g/mol. The molecule has 1 aliphatic rings. The normalized spacial score (nSPS) is 13.3. The summed E-state index contributed by atoms with van der Waals surface area (Å²) in [5.41, 5.74) is 5.92. The van der Waals surface area contributed by atoms with Gasteiger partial charge < -0.3 is 10.4 Å². The van der Waals surface area contributed by atoms with Crippen LogP contribution in [-0.4, -0.2) is 35.1 Å². The van der Waals surface area contributed by atoms with Crippen LogP contribution < -0.4 is 5.32 Å². The molecule has 5 aromatic rings. The Labute approximate surface area is 176 Å². The van der Waals surface area contributed by atoms with Crippen molar-refractivity contribution in [3.05, 3.63) is 78.4 Å². The summed E-state index contributed by atoms with van der Waals surface area (Å²) in [5.74, 6) is 0.588. The molecule has 0 bridgehead atoms. The van der Waals surface area contributed by atoms with Gasteiger partial charge in [-0.1, -0.05) is 18.2 Å². The molecule has 1 aliphatic heterocycles. The van der Waals surface area contributed by atoms with Gasteiger partial charge in [-0.25, -0.2) is 4.98 Å². The van der Waals surface area contributed by atoms with Crippen molar-refractivity contribution in [2.45, 2.75) is 6.92 Å². The molecule has 8 heteroatoms. The Hall–Kier alpha value is -4.46. The number of benzene rings is 2. The summed E-state index contributed by atoms with van der Waals surface area (Å²) in [6.45, 7) is 1.95. The average molecular weight is 408 g/mol. The Morgan fingerprint density at radius 1 is 0.968 bits per heavy atom. The number of aryl methyl sites for hydroxylation is 1. The van der Waals surface area contributed by atoms with Gasteiger partial charge in [0.15, 0.2) is 0 Å². The van der Waals surface area contributed by atoms with Crippen molar-refractivity contribution in [2.24, 2.45) is 0 Å². The number of carbonyl (C=O) groups excluding carboxylic acids is 1. The number of fused-ring (bicyclic) bond motifs is 1. The van der Waals surface area contributed by atoms with Crippen LogP contribution in [0.15, 0.2) is 67.0 Å². The number of hydrogen-bond acceptors (Lipinski definition) is 5. The molecule has 1 amide bonds. The molecule has 150 valence electrons. The first-order chi connectivity index (χ1) is 15.1. The second-order valence-electron chi connectivity index (χ2n) is 7.35. The van der Waals surface area contributed by atoms with Gasteiger partial charge in [0, 0.05) is 18.0 Å². The lowest BCUT2D eigenvalue weighted by atomic mass is 10.1. The summed E-state index contributed by atoms with van der Waals surface area (Å²) in [5, 5.41) is 13.4. The highest BCUT2D eigenvalue weighted by molar-refractivity contribution is 6.11. The third-order valence-electron chi connectivity index (χ3n) is 5.47. The van der Waals surface area contributed by atoms with Crippen LogP contribution >= 0.6 is 0 Å². The van der Waals surface area contributed by atoms with Gasteiger partial charge in [0.25, 0.3) is 11.9 Å². The molecule has 2 N–H and O–H groups in total. The Morgan fingerprint density at radius 3 is 2.65 bits per heavy atom. The highest BCUT2D eigenvalue weighted by atomic mass is 16.3. The van der Waals surface area contributed by atoms with E-state index in [1.807, 2.05) is 37.3 Å². The van der Waals surface area contributed by atoms with E-state index in [2.05, 4.69) is 24.8 Å². The molecule has 4 heterocycles. The predicted molar refractivity (Wildman–Crippen MR) is 117 cm³/mol. The first-order valence-corrected chi connectivity index (χ1v) is 9.73. The maximum atomic E-state index is 12.5. The molecule has 31 heavy (non-hydrogen) atoms. The van der Waals surface area contributed by atoms with Crippen molar-refractivity contribution in [3.63, 3.8) is 0 Å². The van der Waals surface area contributed by atoms with E-state index >= 15 is 0 Å². The minimum absolute atomic E-state index is 0.168. The van der Waals surface area contributed by atoms with Crippen molar-refractivity contribution in [3.8, 4) is 11.7 Å². The lowest BCUT2D eigenvalue weighted by Crippen LogP contribution is -2.07. The van der Waals surface area contributed by atoms with Crippen LogP contribution in [0.2, 0.25) is 0 Å². The Kier molecular flexibility index (Phi) is 3.52. The van der Waals surface area contributed by atoms with E-state index < -0.39 is 0 Å². The number of carbonyl (C=O) groups is 1. The Morgan fingerprint density at radius 2 is 1.81 bits per heavy atom. The quantitative estimate of drug-likeness (QED) is 0.465. The molecule has 3 aromatic heterocycles. The highest BCUT2D eigenvalue weighted by Gasteiger charge is 2.22. The third-order valence-corrected chi connectivity index (χ3v) is 5.47. The van der Waals surface area contributed by atoms with Crippen molar-refractivity contribution >= 4 is 39.4 Å². The number of anilines is 1. The number of nitrogens with one attached hydrogen (secondary N) is 1. The first-order valence-electron chi connectivity index (χ1n) is 9.73. The molecule has 0 radical (unpaired) electrons. The topological polar surface area (TPSA) is 97.9 Å². The lowest BCUT2D eigenvalue weighted by Gasteiger charge is -2.12. The van der Waals surface area contributed by atoms with Crippen LogP contribution in [0.25, 0.3) is 33.5 Å². The van der Waals surface area contributed by atoms with Crippen molar-refractivity contribution in [1.82, 2.24) is 24.1 Å². The summed E-state index contributed by atoms with van der Waals surface area (Å²) in [4.78, 5) is 25.5. The molecule has 0 fully saturated rings. The maximum Gasteiger partial charge on any atom is 0.299 e. The summed E-state index contributed by atoms with van der Waals surface area (Å²) in [6, 6.07) is 14.9. The number of nitrogens with zero attached hydrogens (tertiary/aromatic N) is 5. The van der Waals surface area contributed by atoms with Crippen LogP contribution in [-0.2, 0) is 4.79 Å². The molecule has 6 rings (SSSR count). The Bertz CT molecular complexity index is 1540. The summed E-state index contributed by atoms with van der Waals surface area (Å²) in [7, 11) is 0. The van der Waals surface area contributed by atoms with Gasteiger partial charge in [0.2, 0.25) is 0 Å². The molecular formula is C23H16N6O2. The molecule has 0 saturated heterocycles. The minimum atomic E-state index is -0.265. The maximum absolute atomic E-state index is 12.5. The second-order valence-corrected chi connectivity index (χ2v) is 7.35. The smallest absolute Gasteiger partial charge is 0.299 e. The first kappa shape index (κ1) is 17.4. The largest absolute Gasteiger partial charge is 0.480 e.